The normalized spacial score (nSPS) is 10.9. The number of nitrogens with zero attached hydrogens (tertiary/aromatic N) is 1. The molecule has 110 valence electrons. The van der Waals surface area contributed by atoms with Gasteiger partial charge in [-0.1, -0.05) is 48.0 Å². The maximum absolute atomic E-state index is 7.42. The molecule has 0 heterocycles. The quantitative estimate of drug-likeness (QED) is 0.655. The van der Waals surface area contributed by atoms with E-state index in [1.165, 1.54) is 11.1 Å². The van der Waals surface area contributed by atoms with Crippen molar-refractivity contribution < 1.29 is 0 Å². The molecule has 0 unspecified atom stereocenters. The monoisotopic (exact) mass is 301 g/mol. The summed E-state index contributed by atoms with van der Waals surface area (Å²) in [6.45, 7) is 3.75. The topological polar surface area (TPSA) is 53.1 Å². The Hall–Kier alpha value is -1.84. The van der Waals surface area contributed by atoms with E-state index < -0.39 is 0 Å². The van der Waals surface area contributed by atoms with Crippen LogP contribution in [0.4, 0.5) is 0 Å². The van der Waals surface area contributed by atoms with Crippen molar-refractivity contribution in [3.8, 4) is 0 Å². The van der Waals surface area contributed by atoms with Gasteiger partial charge in [-0.05, 0) is 36.7 Å². The number of aryl methyl sites for hydroxylation is 1. The second-order valence-corrected chi connectivity index (χ2v) is 5.73. The van der Waals surface area contributed by atoms with Crippen molar-refractivity contribution in [1.82, 2.24) is 4.90 Å². The summed E-state index contributed by atoms with van der Waals surface area (Å²) in [6, 6.07) is 13.9. The lowest BCUT2D eigenvalue weighted by Crippen LogP contribution is -2.18. The lowest BCUT2D eigenvalue weighted by Gasteiger charge is -2.19. The summed E-state index contributed by atoms with van der Waals surface area (Å²) in [5.41, 5.74) is 9.77. The molecule has 4 heteroatoms. The molecule has 2 aromatic carbocycles. The van der Waals surface area contributed by atoms with Gasteiger partial charge in [-0.2, -0.15) is 0 Å². The van der Waals surface area contributed by atoms with Crippen LogP contribution in [0.25, 0.3) is 0 Å². The zero-order valence-corrected chi connectivity index (χ0v) is 13.1. The molecule has 0 saturated heterocycles. The Morgan fingerprint density at radius 1 is 1.14 bits per heavy atom. The maximum atomic E-state index is 7.42. The first-order chi connectivity index (χ1) is 9.97. The predicted octanol–water partition coefficient (Wildman–Crippen LogP) is 3.56. The van der Waals surface area contributed by atoms with Gasteiger partial charge in [0.25, 0.3) is 0 Å². The van der Waals surface area contributed by atoms with Crippen LogP contribution in [0, 0.1) is 12.3 Å². The van der Waals surface area contributed by atoms with Gasteiger partial charge in [-0.3, -0.25) is 10.3 Å². The first kappa shape index (κ1) is 15.5. The molecule has 0 saturated carbocycles. The SMILES string of the molecule is Cc1ccccc1CN(C)Cc1ccc(C(=N)N)cc1Cl. The van der Waals surface area contributed by atoms with Crippen molar-refractivity contribution in [3.05, 3.63) is 69.7 Å². The average Bonchev–Trinajstić information content (AvgIpc) is 2.43. The molecule has 0 aromatic heterocycles. The van der Waals surface area contributed by atoms with Gasteiger partial charge in [0.2, 0.25) is 0 Å². The van der Waals surface area contributed by atoms with Crippen molar-refractivity contribution in [2.24, 2.45) is 5.73 Å². The molecular weight excluding hydrogens is 282 g/mol. The number of halogens is 1. The zero-order valence-electron chi connectivity index (χ0n) is 12.4. The number of benzene rings is 2. The van der Waals surface area contributed by atoms with Crippen molar-refractivity contribution in [1.29, 1.82) is 5.41 Å². The lowest BCUT2D eigenvalue weighted by atomic mass is 10.1. The van der Waals surface area contributed by atoms with Gasteiger partial charge < -0.3 is 5.73 Å². The van der Waals surface area contributed by atoms with E-state index in [9.17, 15) is 0 Å². The minimum Gasteiger partial charge on any atom is -0.384 e. The van der Waals surface area contributed by atoms with Crippen molar-refractivity contribution >= 4 is 17.4 Å². The molecule has 0 fully saturated rings. The van der Waals surface area contributed by atoms with E-state index in [2.05, 4.69) is 43.1 Å². The number of nitrogens with one attached hydrogen (secondary N) is 1. The van der Waals surface area contributed by atoms with Gasteiger partial charge in [0.1, 0.15) is 5.84 Å². The number of amidine groups is 1. The van der Waals surface area contributed by atoms with Crippen LogP contribution in [0.2, 0.25) is 5.02 Å². The van der Waals surface area contributed by atoms with Gasteiger partial charge in [0.05, 0.1) is 0 Å². The number of hydrogen-bond donors (Lipinski definition) is 2. The molecule has 0 bridgehead atoms. The second-order valence-electron chi connectivity index (χ2n) is 5.32. The number of rotatable bonds is 5. The smallest absolute Gasteiger partial charge is 0.122 e. The average molecular weight is 302 g/mol. The fourth-order valence-corrected chi connectivity index (χ4v) is 2.51. The first-order valence-corrected chi connectivity index (χ1v) is 7.21. The van der Waals surface area contributed by atoms with Crippen LogP contribution in [0.5, 0.6) is 0 Å². The minimum absolute atomic E-state index is 0.0386. The fraction of sp³-hybridized carbons (Fsp3) is 0.235. The highest BCUT2D eigenvalue weighted by Gasteiger charge is 2.08. The van der Waals surface area contributed by atoms with Crippen LogP contribution in [0.15, 0.2) is 42.5 Å². The Balaban J connectivity index is 2.08. The highest BCUT2D eigenvalue weighted by atomic mass is 35.5. The third-order valence-corrected chi connectivity index (χ3v) is 3.86. The Morgan fingerprint density at radius 3 is 2.43 bits per heavy atom. The molecule has 0 spiro atoms. The summed E-state index contributed by atoms with van der Waals surface area (Å²) < 4.78 is 0. The summed E-state index contributed by atoms with van der Waals surface area (Å²) in [6.07, 6.45) is 0. The summed E-state index contributed by atoms with van der Waals surface area (Å²) >= 11 is 6.27. The van der Waals surface area contributed by atoms with E-state index in [0.717, 1.165) is 18.7 Å². The first-order valence-electron chi connectivity index (χ1n) is 6.83. The van der Waals surface area contributed by atoms with E-state index in [0.29, 0.717) is 10.6 Å². The molecule has 0 aliphatic rings. The molecule has 0 amide bonds. The van der Waals surface area contributed by atoms with E-state index in [-0.39, 0.29) is 5.84 Å². The van der Waals surface area contributed by atoms with E-state index in [1.807, 2.05) is 12.1 Å². The third-order valence-electron chi connectivity index (χ3n) is 3.51. The van der Waals surface area contributed by atoms with Gasteiger partial charge in [0, 0.05) is 23.7 Å². The molecule has 0 atom stereocenters. The highest BCUT2D eigenvalue weighted by molar-refractivity contribution is 6.31. The molecular formula is C17H20ClN3. The Labute approximate surface area is 130 Å². The summed E-state index contributed by atoms with van der Waals surface area (Å²) in [4.78, 5) is 2.22. The van der Waals surface area contributed by atoms with Crippen molar-refractivity contribution in [3.63, 3.8) is 0 Å². The largest absolute Gasteiger partial charge is 0.384 e. The maximum Gasteiger partial charge on any atom is 0.122 e. The van der Waals surface area contributed by atoms with Crippen LogP contribution in [-0.2, 0) is 13.1 Å². The Morgan fingerprint density at radius 2 is 1.81 bits per heavy atom. The second kappa shape index (κ2) is 6.74. The van der Waals surface area contributed by atoms with Gasteiger partial charge in [0.15, 0.2) is 0 Å². The lowest BCUT2D eigenvalue weighted by molar-refractivity contribution is 0.318. The molecule has 2 aromatic rings. The Bertz CT molecular complexity index is 652. The summed E-state index contributed by atoms with van der Waals surface area (Å²) in [5.74, 6) is 0.0386. The van der Waals surface area contributed by atoms with Crippen LogP contribution >= 0.6 is 11.6 Å². The molecule has 0 radical (unpaired) electrons. The van der Waals surface area contributed by atoms with E-state index in [4.69, 9.17) is 22.7 Å². The van der Waals surface area contributed by atoms with E-state index >= 15 is 0 Å². The fourth-order valence-electron chi connectivity index (χ4n) is 2.27. The van der Waals surface area contributed by atoms with Gasteiger partial charge in [-0.25, -0.2) is 0 Å². The number of nitrogens with two attached hydrogens (primary N) is 1. The zero-order chi connectivity index (χ0) is 15.4. The highest BCUT2D eigenvalue weighted by Crippen LogP contribution is 2.20. The standard InChI is InChI=1S/C17H20ClN3/c1-12-5-3-4-6-14(12)10-21(2)11-15-8-7-13(17(19)20)9-16(15)18/h3-9H,10-11H2,1-2H3,(H3,19,20). The van der Waals surface area contributed by atoms with Crippen LogP contribution in [0.3, 0.4) is 0 Å². The summed E-state index contributed by atoms with van der Waals surface area (Å²) in [5, 5.41) is 8.08. The number of nitrogen functional groups attached to an aromatic ring is 1. The Kier molecular flexibility index (Phi) is 4.99. The van der Waals surface area contributed by atoms with E-state index in [1.54, 1.807) is 6.07 Å². The molecule has 21 heavy (non-hydrogen) atoms. The summed E-state index contributed by atoms with van der Waals surface area (Å²) in [7, 11) is 2.07. The number of hydrogen-bond acceptors (Lipinski definition) is 2. The van der Waals surface area contributed by atoms with Gasteiger partial charge >= 0.3 is 0 Å². The third kappa shape index (κ3) is 4.06. The van der Waals surface area contributed by atoms with Crippen LogP contribution in [0.1, 0.15) is 22.3 Å². The van der Waals surface area contributed by atoms with Gasteiger partial charge in [-0.15, -0.1) is 0 Å². The molecule has 2 rings (SSSR count). The van der Waals surface area contributed by atoms with Crippen LogP contribution < -0.4 is 5.73 Å². The molecule has 0 aliphatic carbocycles. The van der Waals surface area contributed by atoms with Crippen molar-refractivity contribution in [2.45, 2.75) is 20.0 Å². The molecule has 3 nitrogen and oxygen atoms in total. The molecule has 0 aliphatic heterocycles. The predicted molar refractivity (Wildman–Crippen MR) is 88.8 cm³/mol. The minimum atomic E-state index is 0.0386. The van der Waals surface area contributed by atoms with Crippen molar-refractivity contribution in [2.75, 3.05) is 7.05 Å². The molecule has 3 N–H and O–H groups in total. The van der Waals surface area contributed by atoms with Crippen LogP contribution in [-0.4, -0.2) is 17.8 Å².